The molecule has 17 heavy (non-hydrogen) atoms. The van der Waals surface area contributed by atoms with Crippen molar-refractivity contribution < 1.29 is 17.9 Å². The van der Waals surface area contributed by atoms with Gasteiger partial charge in [0, 0.05) is 19.1 Å². The Morgan fingerprint density at radius 1 is 1.35 bits per heavy atom. The highest BCUT2D eigenvalue weighted by molar-refractivity contribution is 4.73. The zero-order valence-corrected chi connectivity index (χ0v) is 10.4. The molecule has 0 bridgehead atoms. The zero-order valence-electron chi connectivity index (χ0n) is 10.4. The first-order valence-electron chi connectivity index (χ1n) is 6.43. The highest BCUT2D eigenvalue weighted by atomic mass is 19.4. The lowest BCUT2D eigenvalue weighted by molar-refractivity contribution is -0.136. The molecule has 0 saturated carbocycles. The van der Waals surface area contributed by atoms with Gasteiger partial charge in [-0.3, -0.25) is 0 Å². The Balaban J connectivity index is 2.21. The molecule has 2 unspecified atom stereocenters. The molecule has 0 aromatic carbocycles. The molecule has 0 aromatic rings. The van der Waals surface area contributed by atoms with Gasteiger partial charge in [-0.05, 0) is 38.6 Å². The van der Waals surface area contributed by atoms with Crippen LogP contribution in [-0.4, -0.2) is 31.5 Å². The van der Waals surface area contributed by atoms with Crippen LogP contribution in [0.4, 0.5) is 13.2 Å². The van der Waals surface area contributed by atoms with E-state index in [-0.39, 0.29) is 18.6 Å². The van der Waals surface area contributed by atoms with Gasteiger partial charge >= 0.3 is 6.18 Å². The number of alkyl halides is 3. The zero-order chi connectivity index (χ0) is 12.7. The maximum atomic E-state index is 12.1. The molecule has 0 spiro atoms. The minimum Gasteiger partial charge on any atom is -0.378 e. The molecule has 1 saturated heterocycles. The van der Waals surface area contributed by atoms with Crippen molar-refractivity contribution in [2.24, 2.45) is 0 Å². The Morgan fingerprint density at radius 2 is 2.12 bits per heavy atom. The minimum absolute atomic E-state index is 0.0363. The van der Waals surface area contributed by atoms with E-state index in [0.29, 0.717) is 6.54 Å². The number of hydrogen-bond donors (Lipinski definition) is 1. The van der Waals surface area contributed by atoms with E-state index in [4.69, 9.17) is 4.74 Å². The van der Waals surface area contributed by atoms with Crippen LogP contribution in [0.3, 0.4) is 0 Å². The van der Waals surface area contributed by atoms with Crippen LogP contribution in [0.2, 0.25) is 0 Å². The van der Waals surface area contributed by atoms with Crippen molar-refractivity contribution in [1.29, 1.82) is 0 Å². The molecule has 0 amide bonds. The molecule has 1 fully saturated rings. The third-order valence-corrected chi connectivity index (χ3v) is 3.13. The molecule has 2 atom stereocenters. The summed E-state index contributed by atoms with van der Waals surface area (Å²) >= 11 is 0. The maximum Gasteiger partial charge on any atom is 0.389 e. The summed E-state index contributed by atoms with van der Waals surface area (Å²) in [5, 5.41) is 3.12. The van der Waals surface area contributed by atoms with Gasteiger partial charge in [0.2, 0.25) is 0 Å². The number of rotatable bonds is 7. The Bertz CT molecular complexity index is 202. The molecule has 102 valence electrons. The van der Waals surface area contributed by atoms with Gasteiger partial charge in [0.25, 0.3) is 0 Å². The molecule has 1 aliphatic rings. The molecule has 1 heterocycles. The molecule has 0 aromatic heterocycles. The fourth-order valence-corrected chi connectivity index (χ4v) is 2.23. The van der Waals surface area contributed by atoms with E-state index >= 15 is 0 Å². The summed E-state index contributed by atoms with van der Waals surface area (Å²) in [5.41, 5.74) is 0. The maximum absolute atomic E-state index is 12.1. The van der Waals surface area contributed by atoms with E-state index < -0.39 is 12.6 Å². The first-order valence-corrected chi connectivity index (χ1v) is 6.43. The summed E-state index contributed by atoms with van der Waals surface area (Å²) < 4.78 is 41.9. The Hall–Kier alpha value is -0.290. The van der Waals surface area contributed by atoms with Gasteiger partial charge < -0.3 is 10.1 Å². The quantitative estimate of drug-likeness (QED) is 0.752. The number of hydrogen-bond acceptors (Lipinski definition) is 2. The standard InChI is InChI=1S/C12H22F3NO/c1-2-16-10(7-8-12(13,14)15)5-6-11-4-3-9-17-11/h10-11,16H,2-9H2,1H3. The Labute approximate surface area is 101 Å². The number of nitrogens with one attached hydrogen (secondary N) is 1. The van der Waals surface area contributed by atoms with Crippen LogP contribution in [0.5, 0.6) is 0 Å². The second-order valence-electron chi connectivity index (χ2n) is 4.62. The summed E-state index contributed by atoms with van der Waals surface area (Å²) in [5.74, 6) is 0. The van der Waals surface area contributed by atoms with Crippen LogP contribution in [0.15, 0.2) is 0 Å². The molecule has 1 N–H and O–H groups in total. The summed E-state index contributed by atoms with van der Waals surface area (Å²) in [6.07, 6.45) is -0.527. The monoisotopic (exact) mass is 253 g/mol. The van der Waals surface area contributed by atoms with Crippen LogP contribution in [0.25, 0.3) is 0 Å². The summed E-state index contributed by atoms with van der Waals surface area (Å²) in [6, 6.07) is -0.0363. The van der Waals surface area contributed by atoms with Gasteiger partial charge in [-0.25, -0.2) is 0 Å². The smallest absolute Gasteiger partial charge is 0.378 e. The van der Waals surface area contributed by atoms with E-state index in [9.17, 15) is 13.2 Å². The molecular weight excluding hydrogens is 231 g/mol. The average Bonchev–Trinajstić information content (AvgIpc) is 2.74. The highest BCUT2D eigenvalue weighted by Gasteiger charge is 2.28. The average molecular weight is 253 g/mol. The van der Waals surface area contributed by atoms with E-state index in [2.05, 4.69) is 5.32 Å². The topological polar surface area (TPSA) is 21.3 Å². The largest absolute Gasteiger partial charge is 0.389 e. The predicted molar refractivity (Wildman–Crippen MR) is 61.0 cm³/mol. The van der Waals surface area contributed by atoms with E-state index in [0.717, 1.165) is 32.3 Å². The summed E-state index contributed by atoms with van der Waals surface area (Å²) in [6.45, 7) is 3.44. The Morgan fingerprint density at radius 3 is 2.65 bits per heavy atom. The van der Waals surface area contributed by atoms with E-state index in [1.165, 1.54) is 0 Å². The minimum atomic E-state index is -4.04. The molecule has 0 aliphatic carbocycles. The van der Waals surface area contributed by atoms with Crippen molar-refractivity contribution in [3.63, 3.8) is 0 Å². The van der Waals surface area contributed by atoms with Crippen LogP contribution >= 0.6 is 0 Å². The molecule has 0 radical (unpaired) electrons. The Kier molecular flexibility index (Phi) is 6.27. The fraction of sp³-hybridized carbons (Fsp3) is 1.00. The lowest BCUT2D eigenvalue weighted by Gasteiger charge is -2.20. The molecule has 5 heteroatoms. The lowest BCUT2D eigenvalue weighted by Crippen LogP contribution is -2.31. The molecule has 1 aliphatic heterocycles. The number of halogens is 3. The van der Waals surface area contributed by atoms with Crippen molar-refractivity contribution in [2.75, 3.05) is 13.2 Å². The molecular formula is C12H22F3NO. The second-order valence-corrected chi connectivity index (χ2v) is 4.62. The number of ether oxygens (including phenoxy) is 1. The van der Waals surface area contributed by atoms with Gasteiger partial charge in [0.05, 0.1) is 6.10 Å². The van der Waals surface area contributed by atoms with Crippen LogP contribution in [0, 0.1) is 0 Å². The van der Waals surface area contributed by atoms with E-state index in [1.54, 1.807) is 0 Å². The fourth-order valence-electron chi connectivity index (χ4n) is 2.23. The predicted octanol–water partition coefficient (Wildman–Crippen LogP) is 3.27. The van der Waals surface area contributed by atoms with Crippen molar-refractivity contribution in [3.05, 3.63) is 0 Å². The first kappa shape index (κ1) is 14.8. The van der Waals surface area contributed by atoms with Crippen LogP contribution < -0.4 is 5.32 Å². The van der Waals surface area contributed by atoms with Gasteiger partial charge in [-0.2, -0.15) is 13.2 Å². The van der Waals surface area contributed by atoms with E-state index in [1.807, 2.05) is 6.92 Å². The van der Waals surface area contributed by atoms with Crippen molar-refractivity contribution in [2.45, 2.75) is 63.8 Å². The van der Waals surface area contributed by atoms with Crippen molar-refractivity contribution in [3.8, 4) is 0 Å². The summed E-state index contributed by atoms with van der Waals surface area (Å²) in [4.78, 5) is 0. The van der Waals surface area contributed by atoms with Gasteiger partial charge in [0.1, 0.15) is 0 Å². The normalized spacial score (nSPS) is 22.9. The second kappa shape index (κ2) is 7.21. The third kappa shape index (κ3) is 6.88. The van der Waals surface area contributed by atoms with Crippen LogP contribution in [0.1, 0.15) is 45.4 Å². The molecule has 2 nitrogen and oxygen atoms in total. The molecule has 1 rings (SSSR count). The van der Waals surface area contributed by atoms with Gasteiger partial charge in [-0.15, -0.1) is 0 Å². The third-order valence-electron chi connectivity index (χ3n) is 3.13. The van der Waals surface area contributed by atoms with Crippen molar-refractivity contribution in [1.82, 2.24) is 5.32 Å². The van der Waals surface area contributed by atoms with Crippen molar-refractivity contribution >= 4 is 0 Å². The van der Waals surface area contributed by atoms with Gasteiger partial charge in [-0.1, -0.05) is 6.92 Å². The highest BCUT2D eigenvalue weighted by Crippen LogP contribution is 2.24. The summed E-state index contributed by atoms with van der Waals surface area (Å²) in [7, 11) is 0. The van der Waals surface area contributed by atoms with Crippen LogP contribution in [-0.2, 0) is 4.74 Å². The lowest BCUT2D eigenvalue weighted by atomic mass is 10.0. The SMILES string of the molecule is CCNC(CCC1CCCO1)CCC(F)(F)F. The van der Waals surface area contributed by atoms with Gasteiger partial charge in [0.15, 0.2) is 0 Å². The first-order chi connectivity index (χ1) is 8.01.